The first kappa shape index (κ1) is 25.4. The van der Waals surface area contributed by atoms with E-state index in [1.807, 2.05) is 43.3 Å². The van der Waals surface area contributed by atoms with E-state index in [-0.39, 0.29) is 5.91 Å². The van der Waals surface area contributed by atoms with Crippen molar-refractivity contribution < 1.29 is 4.79 Å². The van der Waals surface area contributed by atoms with Crippen LogP contribution in [0.5, 0.6) is 0 Å². The van der Waals surface area contributed by atoms with E-state index in [9.17, 15) is 4.79 Å². The molecular formula is C28H37N5O. The molecular weight excluding hydrogens is 422 g/mol. The second kappa shape index (κ2) is 12.8. The van der Waals surface area contributed by atoms with Crippen molar-refractivity contribution in [3.63, 3.8) is 0 Å². The van der Waals surface area contributed by atoms with Gasteiger partial charge >= 0.3 is 0 Å². The number of benzene rings is 2. The molecule has 0 bridgehead atoms. The fraction of sp³-hybridized carbons (Fsp3) is 0.393. The summed E-state index contributed by atoms with van der Waals surface area (Å²) in [6.45, 7) is 11.9. The van der Waals surface area contributed by atoms with Crippen molar-refractivity contribution in [3.05, 3.63) is 77.1 Å². The van der Waals surface area contributed by atoms with E-state index in [2.05, 4.69) is 58.4 Å². The third-order valence-corrected chi connectivity index (χ3v) is 5.83. The van der Waals surface area contributed by atoms with E-state index in [1.54, 1.807) is 6.20 Å². The molecule has 0 aliphatic rings. The van der Waals surface area contributed by atoms with Crippen molar-refractivity contribution >= 4 is 23.2 Å². The van der Waals surface area contributed by atoms with Gasteiger partial charge in [0.15, 0.2) is 0 Å². The van der Waals surface area contributed by atoms with Crippen LogP contribution in [-0.2, 0) is 12.8 Å². The van der Waals surface area contributed by atoms with Crippen LogP contribution in [0.25, 0.3) is 0 Å². The minimum absolute atomic E-state index is 0.143. The maximum Gasteiger partial charge on any atom is 0.255 e. The van der Waals surface area contributed by atoms with Crippen LogP contribution >= 0.6 is 0 Å². The Kier molecular flexibility index (Phi) is 9.59. The highest BCUT2D eigenvalue weighted by molar-refractivity contribution is 6.05. The second-order valence-corrected chi connectivity index (χ2v) is 8.62. The first-order valence-corrected chi connectivity index (χ1v) is 12.3. The molecule has 0 atom stereocenters. The Bertz CT molecular complexity index is 1060. The van der Waals surface area contributed by atoms with Crippen LogP contribution in [-0.4, -0.2) is 40.4 Å². The zero-order valence-corrected chi connectivity index (χ0v) is 20.9. The van der Waals surface area contributed by atoms with Gasteiger partial charge in [-0.2, -0.15) is 0 Å². The lowest BCUT2D eigenvalue weighted by molar-refractivity contribution is 0.102. The van der Waals surface area contributed by atoms with Gasteiger partial charge in [0, 0.05) is 35.4 Å². The van der Waals surface area contributed by atoms with Gasteiger partial charge in [-0.25, -0.2) is 9.97 Å². The van der Waals surface area contributed by atoms with Crippen LogP contribution in [0.2, 0.25) is 0 Å². The molecule has 1 aromatic heterocycles. The van der Waals surface area contributed by atoms with E-state index in [0.717, 1.165) is 55.1 Å². The number of hydrogen-bond acceptors (Lipinski definition) is 5. The summed E-state index contributed by atoms with van der Waals surface area (Å²) < 4.78 is 0. The summed E-state index contributed by atoms with van der Waals surface area (Å²) in [5.41, 5.74) is 5.47. The predicted octanol–water partition coefficient (Wildman–Crippen LogP) is 6.01. The van der Waals surface area contributed by atoms with Gasteiger partial charge in [-0.1, -0.05) is 39.0 Å². The summed E-state index contributed by atoms with van der Waals surface area (Å²) in [5, 5.41) is 6.26. The van der Waals surface area contributed by atoms with Crippen LogP contribution in [0, 0.1) is 6.92 Å². The average molecular weight is 460 g/mol. The van der Waals surface area contributed by atoms with Crippen molar-refractivity contribution in [2.45, 2.75) is 53.4 Å². The molecule has 0 saturated carbocycles. The molecule has 1 amide bonds. The molecule has 2 N–H and O–H groups in total. The Morgan fingerprint density at radius 1 is 0.941 bits per heavy atom. The third-order valence-electron chi connectivity index (χ3n) is 5.83. The molecule has 6 nitrogen and oxygen atoms in total. The number of aromatic nitrogens is 2. The topological polar surface area (TPSA) is 70.2 Å². The summed E-state index contributed by atoms with van der Waals surface area (Å²) in [5.74, 6) is 0.392. The lowest BCUT2D eigenvalue weighted by Gasteiger charge is -2.20. The summed E-state index contributed by atoms with van der Waals surface area (Å²) in [6, 6.07) is 15.7. The maximum absolute atomic E-state index is 12.9. The highest BCUT2D eigenvalue weighted by Gasteiger charge is 2.10. The molecule has 34 heavy (non-hydrogen) atoms. The molecule has 0 aliphatic heterocycles. The molecule has 0 unspecified atom stereocenters. The molecule has 1 heterocycles. The van der Waals surface area contributed by atoms with E-state index in [4.69, 9.17) is 0 Å². The number of amides is 1. The van der Waals surface area contributed by atoms with Crippen molar-refractivity contribution in [3.8, 4) is 0 Å². The van der Waals surface area contributed by atoms with Crippen LogP contribution in [0.4, 0.5) is 17.3 Å². The van der Waals surface area contributed by atoms with Crippen molar-refractivity contribution in [1.29, 1.82) is 0 Å². The standard InChI is InChI=1S/C28H37N5O/c1-5-17-33(18-6-2)19-15-22-9-12-25(13-10-22)30-27(34)23-11-8-21(4)26(20-23)32-28-29-16-14-24(7-3)31-28/h8-14,16,20H,5-7,15,17-19H2,1-4H3,(H,30,34)(H,29,31,32). The van der Waals surface area contributed by atoms with E-state index in [0.29, 0.717) is 11.5 Å². The minimum atomic E-state index is -0.143. The lowest BCUT2D eigenvalue weighted by Crippen LogP contribution is -2.27. The minimum Gasteiger partial charge on any atom is -0.324 e. The number of anilines is 3. The van der Waals surface area contributed by atoms with Crippen LogP contribution in [0.3, 0.4) is 0 Å². The fourth-order valence-electron chi connectivity index (χ4n) is 3.88. The van der Waals surface area contributed by atoms with Crippen LogP contribution in [0.1, 0.15) is 60.8 Å². The Morgan fingerprint density at radius 3 is 2.35 bits per heavy atom. The molecule has 2 aromatic carbocycles. The summed E-state index contributed by atoms with van der Waals surface area (Å²) in [7, 11) is 0. The van der Waals surface area contributed by atoms with Gasteiger partial charge in [0.1, 0.15) is 0 Å². The van der Waals surface area contributed by atoms with Gasteiger partial charge in [0.2, 0.25) is 5.95 Å². The van der Waals surface area contributed by atoms with Gasteiger partial charge < -0.3 is 15.5 Å². The quantitative estimate of drug-likeness (QED) is 0.347. The van der Waals surface area contributed by atoms with Gasteiger partial charge in [0.05, 0.1) is 0 Å². The van der Waals surface area contributed by atoms with Gasteiger partial charge in [-0.15, -0.1) is 0 Å². The number of carbonyl (C=O) groups is 1. The van der Waals surface area contributed by atoms with Crippen molar-refractivity contribution in [2.75, 3.05) is 30.3 Å². The normalized spacial score (nSPS) is 11.0. The fourth-order valence-corrected chi connectivity index (χ4v) is 3.88. The number of hydrogen-bond donors (Lipinski definition) is 2. The number of aryl methyl sites for hydroxylation is 2. The van der Waals surface area contributed by atoms with Gasteiger partial charge in [-0.05, 0) is 87.2 Å². The molecule has 3 rings (SSSR count). The highest BCUT2D eigenvalue weighted by Crippen LogP contribution is 2.21. The Morgan fingerprint density at radius 2 is 1.68 bits per heavy atom. The second-order valence-electron chi connectivity index (χ2n) is 8.62. The number of rotatable bonds is 12. The molecule has 0 fully saturated rings. The monoisotopic (exact) mass is 459 g/mol. The largest absolute Gasteiger partial charge is 0.324 e. The zero-order valence-electron chi connectivity index (χ0n) is 20.9. The third kappa shape index (κ3) is 7.39. The zero-order chi connectivity index (χ0) is 24.3. The first-order chi connectivity index (χ1) is 16.5. The number of nitrogens with one attached hydrogen (secondary N) is 2. The molecule has 0 aliphatic carbocycles. The Balaban J connectivity index is 1.62. The Hall–Kier alpha value is -3.25. The first-order valence-electron chi connectivity index (χ1n) is 12.3. The van der Waals surface area contributed by atoms with Gasteiger partial charge in [0.25, 0.3) is 5.91 Å². The molecule has 0 saturated heterocycles. The van der Waals surface area contributed by atoms with Crippen molar-refractivity contribution in [1.82, 2.24) is 14.9 Å². The summed E-state index contributed by atoms with van der Waals surface area (Å²) in [6.07, 6.45) is 5.96. The van der Waals surface area contributed by atoms with Crippen LogP contribution in [0.15, 0.2) is 54.7 Å². The molecule has 3 aromatic rings. The van der Waals surface area contributed by atoms with Crippen LogP contribution < -0.4 is 10.6 Å². The summed E-state index contributed by atoms with van der Waals surface area (Å²) in [4.78, 5) is 24.2. The lowest BCUT2D eigenvalue weighted by atomic mass is 10.1. The number of nitrogens with zero attached hydrogens (tertiary/aromatic N) is 3. The maximum atomic E-state index is 12.9. The molecule has 180 valence electrons. The SMILES string of the molecule is CCCN(CCC)CCc1ccc(NC(=O)c2ccc(C)c(Nc3nccc(CC)n3)c2)cc1. The van der Waals surface area contributed by atoms with Gasteiger partial charge in [-0.3, -0.25) is 4.79 Å². The highest BCUT2D eigenvalue weighted by atomic mass is 16.1. The van der Waals surface area contributed by atoms with E-state index >= 15 is 0 Å². The summed E-state index contributed by atoms with van der Waals surface area (Å²) >= 11 is 0. The predicted molar refractivity (Wildman–Crippen MR) is 141 cm³/mol. The Labute approximate surface area is 203 Å². The van der Waals surface area contributed by atoms with Crippen molar-refractivity contribution in [2.24, 2.45) is 0 Å². The number of carbonyl (C=O) groups excluding carboxylic acids is 1. The van der Waals surface area contributed by atoms with E-state index < -0.39 is 0 Å². The molecule has 0 spiro atoms. The average Bonchev–Trinajstić information content (AvgIpc) is 2.85. The smallest absolute Gasteiger partial charge is 0.255 e. The van der Waals surface area contributed by atoms with E-state index in [1.165, 1.54) is 18.4 Å². The molecule has 0 radical (unpaired) electrons. The molecule has 6 heteroatoms.